The van der Waals surface area contributed by atoms with Crippen LogP contribution in [0.5, 0.6) is 0 Å². The van der Waals surface area contributed by atoms with E-state index in [2.05, 4.69) is 56.4 Å². The minimum Gasteiger partial charge on any atom is -0.379 e. The summed E-state index contributed by atoms with van der Waals surface area (Å²) in [5.41, 5.74) is 2.45. The molecule has 0 unspecified atom stereocenters. The highest BCUT2D eigenvalue weighted by Crippen LogP contribution is 2.07. The molecule has 28 heavy (non-hydrogen) atoms. The summed E-state index contributed by atoms with van der Waals surface area (Å²) in [6.07, 6.45) is 7.86. The zero-order valence-corrected chi connectivity index (χ0v) is 17.1. The third kappa shape index (κ3) is 9.01. The number of ether oxygens (including phenoxy) is 2. The van der Waals surface area contributed by atoms with Crippen molar-refractivity contribution in [3.05, 3.63) is 54.1 Å². The van der Waals surface area contributed by atoms with E-state index < -0.39 is 0 Å². The van der Waals surface area contributed by atoms with E-state index in [9.17, 15) is 0 Å². The number of hydrogen-bond acceptors (Lipinski definition) is 4. The van der Waals surface area contributed by atoms with E-state index in [1.807, 2.05) is 12.5 Å². The SMILES string of the molecule is CCCCOCCOCCNC(=NC)NCc1cccc(Cn2ccnc2)c1. The van der Waals surface area contributed by atoms with Gasteiger partial charge in [-0.1, -0.05) is 37.6 Å². The van der Waals surface area contributed by atoms with E-state index in [-0.39, 0.29) is 0 Å². The quantitative estimate of drug-likeness (QED) is 0.314. The summed E-state index contributed by atoms with van der Waals surface area (Å²) in [4.78, 5) is 8.34. The van der Waals surface area contributed by atoms with E-state index in [0.717, 1.165) is 32.0 Å². The molecule has 0 aliphatic heterocycles. The van der Waals surface area contributed by atoms with Crippen LogP contribution >= 0.6 is 0 Å². The van der Waals surface area contributed by atoms with Gasteiger partial charge in [-0.2, -0.15) is 0 Å². The number of aliphatic imine (C=N–C) groups is 1. The van der Waals surface area contributed by atoms with E-state index in [4.69, 9.17) is 9.47 Å². The van der Waals surface area contributed by atoms with Crippen molar-refractivity contribution in [2.24, 2.45) is 4.99 Å². The van der Waals surface area contributed by atoms with Crippen LogP contribution in [0.25, 0.3) is 0 Å². The van der Waals surface area contributed by atoms with Gasteiger partial charge in [-0.15, -0.1) is 0 Å². The zero-order chi connectivity index (χ0) is 19.9. The monoisotopic (exact) mass is 387 g/mol. The molecule has 7 heteroatoms. The minimum absolute atomic E-state index is 0.623. The third-order valence-electron chi connectivity index (χ3n) is 4.15. The van der Waals surface area contributed by atoms with Crippen LogP contribution in [0.3, 0.4) is 0 Å². The van der Waals surface area contributed by atoms with Gasteiger partial charge in [0.1, 0.15) is 0 Å². The Morgan fingerprint density at radius 1 is 1.11 bits per heavy atom. The molecule has 154 valence electrons. The molecule has 0 atom stereocenters. The summed E-state index contributed by atoms with van der Waals surface area (Å²) in [6.45, 7) is 7.11. The standard InChI is InChI=1S/C21H33N5O2/c1-3-4-11-27-13-14-28-12-9-24-21(22-2)25-16-19-6-5-7-20(15-19)17-26-10-8-23-18-26/h5-8,10,15,18H,3-4,9,11-14,16-17H2,1-2H3,(H2,22,24,25). The number of benzene rings is 1. The first-order valence-electron chi connectivity index (χ1n) is 9.95. The van der Waals surface area contributed by atoms with Crippen LogP contribution in [0.4, 0.5) is 0 Å². The number of nitrogens with one attached hydrogen (secondary N) is 2. The van der Waals surface area contributed by atoms with Gasteiger partial charge < -0.3 is 24.7 Å². The lowest BCUT2D eigenvalue weighted by Crippen LogP contribution is -2.38. The van der Waals surface area contributed by atoms with E-state index >= 15 is 0 Å². The van der Waals surface area contributed by atoms with Gasteiger partial charge in [0.15, 0.2) is 5.96 Å². The van der Waals surface area contributed by atoms with Crippen molar-refractivity contribution in [1.82, 2.24) is 20.2 Å². The number of aromatic nitrogens is 2. The highest BCUT2D eigenvalue weighted by atomic mass is 16.5. The van der Waals surface area contributed by atoms with Crippen LogP contribution < -0.4 is 10.6 Å². The molecule has 0 aliphatic rings. The van der Waals surface area contributed by atoms with Crippen LogP contribution in [0, 0.1) is 0 Å². The van der Waals surface area contributed by atoms with Crippen molar-refractivity contribution >= 4 is 5.96 Å². The van der Waals surface area contributed by atoms with E-state index in [1.165, 1.54) is 11.1 Å². The molecule has 7 nitrogen and oxygen atoms in total. The molecule has 1 aromatic heterocycles. The van der Waals surface area contributed by atoms with Gasteiger partial charge >= 0.3 is 0 Å². The third-order valence-corrected chi connectivity index (χ3v) is 4.15. The average Bonchev–Trinajstić information content (AvgIpc) is 3.22. The Labute approximate surface area is 168 Å². The van der Waals surface area contributed by atoms with Crippen molar-refractivity contribution in [2.45, 2.75) is 32.9 Å². The average molecular weight is 388 g/mol. The highest BCUT2D eigenvalue weighted by Gasteiger charge is 2.01. The molecular weight excluding hydrogens is 354 g/mol. The van der Waals surface area contributed by atoms with Gasteiger partial charge in [0.05, 0.1) is 26.1 Å². The molecule has 2 rings (SSSR count). The van der Waals surface area contributed by atoms with Crippen LogP contribution in [0.1, 0.15) is 30.9 Å². The van der Waals surface area contributed by atoms with Gasteiger partial charge in [0.25, 0.3) is 0 Å². The molecule has 0 saturated carbocycles. The lowest BCUT2D eigenvalue weighted by molar-refractivity contribution is 0.0487. The largest absolute Gasteiger partial charge is 0.379 e. The maximum absolute atomic E-state index is 5.56. The molecule has 0 saturated heterocycles. The molecule has 1 aromatic carbocycles. The Hall–Kier alpha value is -2.38. The summed E-state index contributed by atoms with van der Waals surface area (Å²) in [5.74, 6) is 0.766. The maximum atomic E-state index is 5.56. The van der Waals surface area contributed by atoms with Crippen LogP contribution in [-0.4, -0.2) is 55.5 Å². The highest BCUT2D eigenvalue weighted by molar-refractivity contribution is 5.79. The van der Waals surface area contributed by atoms with Crippen molar-refractivity contribution in [1.29, 1.82) is 0 Å². The maximum Gasteiger partial charge on any atom is 0.191 e. The van der Waals surface area contributed by atoms with Crippen LogP contribution in [0.15, 0.2) is 48.0 Å². The van der Waals surface area contributed by atoms with Gasteiger partial charge in [0.2, 0.25) is 0 Å². The zero-order valence-electron chi connectivity index (χ0n) is 17.1. The molecule has 2 aromatic rings. The summed E-state index contributed by atoms with van der Waals surface area (Å²) >= 11 is 0. The van der Waals surface area contributed by atoms with Gasteiger partial charge in [-0.05, 0) is 17.5 Å². The van der Waals surface area contributed by atoms with Gasteiger partial charge in [-0.3, -0.25) is 4.99 Å². The molecule has 2 N–H and O–H groups in total. The molecule has 0 aliphatic carbocycles. The fourth-order valence-electron chi connectivity index (χ4n) is 2.65. The number of unbranched alkanes of at least 4 members (excludes halogenated alkanes) is 1. The Bertz CT molecular complexity index is 673. The first-order chi connectivity index (χ1) is 13.8. The van der Waals surface area contributed by atoms with E-state index in [1.54, 1.807) is 13.2 Å². The molecule has 0 bridgehead atoms. The van der Waals surface area contributed by atoms with Crippen molar-refractivity contribution in [3.8, 4) is 0 Å². The van der Waals surface area contributed by atoms with Gasteiger partial charge in [-0.25, -0.2) is 4.98 Å². The summed E-state index contributed by atoms with van der Waals surface area (Å²) in [7, 11) is 1.77. The second kappa shape index (κ2) is 13.7. The summed E-state index contributed by atoms with van der Waals surface area (Å²) in [5, 5.41) is 6.60. The second-order valence-corrected chi connectivity index (χ2v) is 6.49. The normalized spacial score (nSPS) is 11.6. The first-order valence-corrected chi connectivity index (χ1v) is 9.95. The molecule has 1 heterocycles. The number of hydrogen-bond donors (Lipinski definition) is 2. The molecule has 0 amide bonds. The predicted octanol–water partition coefficient (Wildman–Crippen LogP) is 2.43. The van der Waals surface area contributed by atoms with Gasteiger partial charge in [0, 0.05) is 45.7 Å². The Morgan fingerprint density at radius 3 is 2.68 bits per heavy atom. The summed E-state index contributed by atoms with van der Waals surface area (Å²) in [6, 6.07) is 8.51. The van der Waals surface area contributed by atoms with Crippen molar-refractivity contribution < 1.29 is 9.47 Å². The lowest BCUT2D eigenvalue weighted by Gasteiger charge is -2.13. The molecule has 0 spiro atoms. The number of rotatable bonds is 13. The lowest BCUT2D eigenvalue weighted by atomic mass is 10.1. The first kappa shape index (κ1) is 21.9. The fraction of sp³-hybridized carbons (Fsp3) is 0.524. The predicted molar refractivity (Wildman–Crippen MR) is 113 cm³/mol. The smallest absolute Gasteiger partial charge is 0.191 e. The number of guanidine groups is 1. The summed E-state index contributed by atoms with van der Waals surface area (Å²) < 4.78 is 13.1. The Morgan fingerprint density at radius 2 is 1.93 bits per heavy atom. The Balaban J connectivity index is 1.61. The minimum atomic E-state index is 0.623. The topological polar surface area (TPSA) is 72.7 Å². The second-order valence-electron chi connectivity index (χ2n) is 6.49. The molecular formula is C21H33N5O2. The molecule has 0 fully saturated rings. The number of nitrogens with zero attached hydrogens (tertiary/aromatic N) is 3. The van der Waals surface area contributed by atoms with Crippen molar-refractivity contribution in [3.63, 3.8) is 0 Å². The molecule has 0 radical (unpaired) electrons. The van der Waals surface area contributed by atoms with Crippen LogP contribution in [-0.2, 0) is 22.6 Å². The fourth-order valence-corrected chi connectivity index (χ4v) is 2.65. The number of imidazole rings is 1. The van der Waals surface area contributed by atoms with Crippen molar-refractivity contribution in [2.75, 3.05) is 40.0 Å². The van der Waals surface area contributed by atoms with E-state index in [0.29, 0.717) is 32.9 Å². The van der Waals surface area contributed by atoms with Crippen LogP contribution in [0.2, 0.25) is 0 Å². The Kier molecular flexibility index (Phi) is 10.8.